The number of benzene rings is 4. The van der Waals surface area contributed by atoms with Gasteiger partial charge in [0, 0.05) is 64.4 Å². The lowest BCUT2D eigenvalue weighted by Crippen LogP contribution is -2.47. The summed E-state index contributed by atoms with van der Waals surface area (Å²) >= 11 is 0. The molecule has 1 saturated heterocycles. The number of fused-ring (bicyclic) bond motifs is 6. The van der Waals surface area contributed by atoms with Gasteiger partial charge in [0.05, 0.1) is 31.2 Å². The molecule has 0 spiro atoms. The minimum Gasteiger partial charge on any atom is -0.450 e. The average molecular weight is 951 g/mol. The first-order valence-corrected chi connectivity index (χ1v) is 26.7. The van der Waals surface area contributed by atoms with Crippen LogP contribution in [-0.4, -0.2) is 107 Å². The standard InChI is InChI=1S/C52H63N5O8S2/c1-7-53-65-67(62,63)36-14-30-57-44-26-22-38-16-10-12-18-42(38)48(44)52(5,6)46(57)28-24-40-20-19-39(49(40)54-31-33-55(34-32-54)50(58)64-8-2)23-27-45-51(3,4)47-41-17-11-9-15-37(41)21-25-43(47)56(45)29-13-35-66(59,60)61/h9-12,15-18,21-28,53H,7-8,13-14,19-20,29-36H2,1-6H3/p+1. The molecule has 1 aliphatic carbocycles. The van der Waals surface area contributed by atoms with E-state index in [0.29, 0.717) is 58.8 Å². The predicted octanol–water partition coefficient (Wildman–Crippen LogP) is 8.77. The van der Waals surface area contributed by atoms with Gasteiger partial charge in [-0.3, -0.25) is 9.45 Å². The molecule has 2 fully saturated rings. The molecular formula is C52H64N5O8S2+. The molecule has 4 aromatic carbocycles. The number of hydrogen-bond acceptors (Lipinski definition) is 10. The summed E-state index contributed by atoms with van der Waals surface area (Å²) in [4.78, 5) is 19.1. The molecule has 0 unspecified atom stereocenters. The Morgan fingerprint density at radius 3 is 1.69 bits per heavy atom. The van der Waals surface area contributed by atoms with Crippen LogP contribution < -0.4 is 15.3 Å². The summed E-state index contributed by atoms with van der Waals surface area (Å²) < 4.78 is 71.8. The molecule has 0 atom stereocenters. The topological polar surface area (TPSA) is 149 Å². The van der Waals surface area contributed by atoms with Gasteiger partial charge in [-0.25, -0.2) is 9.37 Å². The predicted molar refractivity (Wildman–Crippen MR) is 268 cm³/mol. The molecule has 4 aromatic rings. The molecule has 0 aromatic heterocycles. The summed E-state index contributed by atoms with van der Waals surface area (Å²) in [5, 5.41) is 4.59. The maximum Gasteiger partial charge on any atom is 0.410 e. The Hall–Kier alpha value is -5.32. The third-order valence-electron chi connectivity index (χ3n) is 13.7. The smallest absolute Gasteiger partial charge is 0.410 e. The van der Waals surface area contributed by atoms with Crippen molar-refractivity contribution in [2.75, 3.05) is 73.7 Å². The van der Waals surface area contributed by atoms with Crippen molar-refractivity contribution in [3.63, 3.8) is 0 Å². The van der Waals surface area contributed by atoms with Gasteiger partial charge >= 0.3 is 6.09 Å². The number of carbonyl (C=O) groups excluding carboxylic acids is 1. The minimum absolute atomic E-state index is 0.135. The number of carbonyl (C=O) groups is 1. The van der Waals surface area contributed by atoms with Crippen molar-refractivity contribution < 1.29 is 39.8 Å². The Bertz CT molecular complexity index is 2960. The number of ether oxygens (including phenoxy) is 1. The van der Waals surface area contributed by atoms with E-state index in [4.69, 9.17) is 9.02 Å². The van der Waals surface area contributed by atoms with Crippen LogP contribution in [0.4, 0.5) is 16.2 Å². The van der Waals surface area contributed by atoms with Crippen LogP contribution in [0.15, 0.2) is 120 Å². The van der Waals surface area contributed by atoms with Crippen LogP contribution in [0.1, 0.15) is 78.4 Å². The fraction of sp³-hybridized carbons (Fsp3) is 0.423. The van der Waals surface area contributed by atoms with Gasteiger partial charge in [-0.2, -0.15) is 26.6 Å². The third-order valence-corrected chi connectivity index (χ3v) is 15.6. The van der Waals surface area contributed by atoms with Crippen LogP contribution in [0.3, 0.4) is 0 Å². The van der Waals surface area contributed by atoms with E-state index in [2.05, 4.69) is 126 Å². The summed E-state index contributed by atoms with van der Waals surface area (Å²) in [5.41, 5.74) is 11.7. The van der Waals surface area contributed by atoms with E-state index in [0.717, 1.165) is 62.9 Å². The van der Waals surface area contributed by atoms with E-state index < -0.39 is 31.1 Å². The van der Waals surface area contributed by atoms with E-state index in [9.17, 15) is 26.2 Å². The number of hydrogen-bond donors (Lipinski definition) is 2. The van der Waals surface area contributed by atoms with Gasteiger partial charge in [0.15, 0.2) is 13.1 Å². The normalized spacial score (nSPS) is 20.6. The first-order chi connectivity index (χ1) is 31.9. The highest BCUT2D eigenvalue weighted by Gasteiger charge is 2.43. The Labute approximate surface area is 395 Å². The first-order valence-electron chi connectivity index (χ1n) is 23.5. The quantitative estimate of drug-likeness (QED) is 0.0710. The highest BCUT2D eigenvalue weighted by molar-refractivity contribution is 7.86. The molecule has 3 aliphatic heterocycles. The molecule has 15 heteroatoms. The Kier molecular flexibility index (Phi) is 13.9. The molecule has 356 valence electrons. The summed E-state index contributed by atoms with van der Waals surface area (Å²) in [5.74, 6) is -0.469. The number of nitrogens with one attached hydrogen (secondary N) is 1. The third kappa shape index (κ3) is 9.85. The molecule has 0 bridgehead atoms. The fourth-order valence-corrected chi connectivity index (χ4v) is 12.0. The van der Waals surface area contributed by atoms with Crippen LogP contribution in [0, 0.1) is 0 Å². The maximum absolute atomic E-state index is 12.8. The molecule has 67 heavy (non-hydrogen) atoms. The average Bonchev–Trinajstić information content (AvgIpc) is 3.87. The lowest BCUT2D eigenvalue weighted by atomic mass is 9.81. The van der Waals surface area contributed by atoms with E-state index in [1.165, 1.54) is 22.3 Å². The van der Waals surface area contributed by atoms with E-state index in [-0.39, 0.29) is 24.0 Å². The number of piperazine rings is 1. The first kappa shape index (κ1) is 48.1. The fourth-order valence-electron chi connectivity index (χ4n) is 10.7. The van der Waals surface area contributed by atoms with Crippen molar-refractivity contribution in [2.24, 2.45) is 0 Å². The van der Waals surface area contributed by atoms with Crippen LogP contribution in [0.2, 0.25) is 0 Å². The summed E-state index contributed by atoms with van der Waals surface area (Å²) in [7, 11) is -7.92. The summed E-state index contributed by atoms with van der Waals surface area (Å²) in [6.07, 6.45) is 10.8. The minimum atomic E-state index is -4.14. The second-order valence-electron chi connectivity index (χ2n) is 18.8. The van der Waals surface area contributed by atoms with Crippen molar-refractivity contribution in [1.82, 2.24) is 10.4 Å². The Morgan fingerprint density at radius 1 is 0.716 bits per heavy atom. The molecule has 8 rings (SSSR count). The van der Waals surface area contributed by atoms with Crippen LogP contribution in [-0.2, 0) is 40.1 Å². The van der Waals surface area contributed by atoms with Gasteiger partial charge in [-0.05, 0) is 89.6 Å². The van der Waals surface area contributed by atoms with Crippen molar-refractivity contribution in [1.29, 1.82) is 0 Å². The highest BCUT2D eigenvalue weighted by atomic mass is 32.2. The Balaban J connectivity index is 1.21. The zero-order valence-electron chi connectivity index (χ0n) is 39.5. The lowest BCUT2D eigenvalue weighted by Gasteiger charge is -2.27. The second kappa shape index (κ2) is 19.4. The van der Waals surface area contributed by atoms with E-state index in [1.54, 1.807) is 11.8 Å². The van der Waals surface area contributed by atoms with Gasteiger partial charge in [0.2, 0.25) is 5.71 Å². The molecule has 4 aliphatic rings. The molecule has 0 radical (unpaired) electrons. The Morgan fingerprint density at radius 2 is 1.21 bits per heavy atom. The van der Waals surface area contributed by atoms with Crippen molar-refractivity contribution >= 4 is 65.0 Å². The van der Waals surface area contributed by atoms with Crippen molar-refractivity contribution in [2.45, 2.75) is 78.1 Å². The van der Waals surface area contributed by atoms with Gasteiger partial charge in [-0.1, -0.05) is 107 Å². The molecule has 3 heterocycles. The lowest BCUT2D eigenvalue weighted by molar-refractivity contribution is -0.537. The van der Waals surface area contributed by atoms with Crippen LogP contribution in [0.25, 0.3) is 21.5 Å². The molecule has 1 saturated carbocycles. The van der Waals surface area contributed by atoms with Crippen LogP contribution in [0.5, 0.6) is 0 Å². The van der Waals surface area contributed by atoms with Gasteiger partial charge in [-0.15, -0.1) is 0 Å². The van der Waals surface area contributed by atoms with Gasteiger partial charge < -0.3 is 14.5 Å². The molecule has 13 nitrogen and oxygen atoms in total. The van der Waals surface area contributed by atoms with Gasteiger partial charge in [0.1, 0.15) is 0 Å². The number of hydroxylamine groups is 1. The number of amides is 1. The number of nitrogens with zero attached hydrogens (tertiary/aromatic N) is 4. The molecular weight excluding hydrogens is 887 g/mol. The van der Waals surface area contributed by atoms with Gasteiger partial charge in [0.25, 0.3) is 20.2 Å². The van der Waals surface area contributed by atoms with Crippen molar-refractivity contribution in [3.05, 3.63) is 131 Å². The number of allylic oxidation sites excluding steroid dienone is 8. The second-order valence-corrected chi connectivity index (χ2v) is 22.0. The number of rotatable bonds is 14. The molecule has 1 amide bonds. The van der Waals surface area contributed by atoms with Crippen molar-refractivity contribution in [3.8, 4) is 0 Å². The maximum atomic E-state index is 12.8. The summed E-state index contributed by atoms with van der Waals surface area (Å²) in [6.45, 7) is 16.4. The van der Waals surface area contributed by atoms with E-state index in [1.807, 2.05) is 25.1 Å². The zero-order chi connectivity index (χ0) is 47.7. The monoisotopic (exact) mass is 950 g/mol. The zero-order valence-corrected chi connectivity index (χ0v) is 41.2. The SMILES string of the molecule is CCNOS(=O)(=O)CCCN1/C(=C/C=C2\CCC(=CC=C3N(CCCS(=O)(=O)O)c4ccc5ccccc5c4C3(C)C)C2=[N+]2CCN(C(=O)OCC)CC2)C(C)(C)c2c1ccc1ccccc21. The van der Waals surface area contributed by atoms with Crippen LogP contribution >= 0.6 is 0 Å². The molecule has 2 N–H and O–H groups in total. The largest absolute Gasteiger partial charge is 0.450 e. The van der Waals surface area contributed by atoms with E-state index >= 15 is 0 Å². The number of anilines is 2. The highest BCUT2D eigenvalue weighted by Crippen LogP contribution is 2.52. The summed E-state index contributed by atoms with van der Waals surface area (Å²) in [6, 6.07) is 25.3.